The van der Waals surface area contributed by atoms with Crippen molar-refractivity contribution in [3.8, 4) is 0 Å². The number of thiazole rings is 1. The Labute approximate surface area is 127 Å². The second-order valence-corrected chi connectivity index (χ2v) is 8.31. The van der Waals surface area contributed by atoms with Gasteiger partial charge in [-0.2, -0.15) is 0 Å². The summed E-state index contributed by atoms with van der Waals surface area (Å²) in [5, 5.41) is 3.18. The van der Waals surface area contributed by atoms with Gasteiger partial charge in [0.05, 0.1) is 6.04 Å². The molecule has 1 aromatic rings. The summed E-state index contributed by atoms with van der Waals surface area (Å²) >= 11 is 1.69. The SMILES string of the molecule is CCSSCCC(=O)N1CCC[C@H]1c1nc(C)cs1. The van der Waals surface area contributed by atoms with Crippen LogP contribution in [0, 0.1) is 6.92 Å². The molecule has 0 aromatic carbocycles. The van der Waals surface area contributed by atoms with Crippen LogP contribution in [0.2, 0.25) is 0 Å². The van der Waals surface area contributed by atoms with E-state index in [4.69, 9.17) is 0 Å². The summed E-state index contributed by atoms with van der Waals surface area (Å²) in [6, 6.07) is 0.232. The molecule has 0 N–H and O–H groups in total. The van der Waals surface area contributed by atoms with Crippen molar-refractivity contribution in [1.82, 2.24) is 9.88 Å². The summed E-state index contributed by atoms with van der Waals surface area (Å²) in [6.07, 6.45) is 2.82. The van der Waals surface area contributed by atoms with Crippen molar-refractivity contribution in [2.24, 2.45) is 0 Å². The first-order valence-corrected chi connectivity index (χ1v) is 10.0. The average molecular weight is 317 g/mol. The Morgan fingerprint density at radius 3 is 3.11 bits per heavy atom. The van der Waals surface area contributed by atoms with Gasteiger partial charge in [-0.05, 0) is 19.8 Å². The van der Waals surface area contributed by atoms with Gasteiger partial charge in [0.2, 0.25) is 5.91 Å². The predicted molar refractivity (Wildman–Crippen MR) is 85.7 cm³/mol. The third-order valence-corrected chi connectivity index (χ3v) is 6.64. The minimum absolute atomic E-state index is 0.232. The van der Waals surface area contributed by atoms with E-state index in [0.29, 0.717) is 12.3 Å². The van der Waals surface area contributed by atoms with Crippen LogP contribution in [0.15, 0.2) is 5.38 Å². The largest absolute Gasteiger partial charge is 0.333 e. The van der Waals surface area contributed by atoms with Crippen LogP contribution in [0.25, 0.3) is 0 Å². The van der Waals surface area contributed by atoms with Crippen molar-refractivity contribution < 1.29 is 4.79 Å². The van der Waals surface area contributed by atoms with Crippen molar-refractivity contribution >= 4 is 38.8 Å². The molecule has 1 aromatic heterocycles. The summed E-state index contributed by atoms with van der Waals surface area (Å²) in [5.41, 5.74) is 1.06. The Morgan fingerprint density at radius 1 is 1.58 bits per heavy atom. The molecule has 3 nitrogen and oxygen atoms in total. The zero-order chi connectivity index (χ0) is 13.7. The summed E-state index contributed by atoms with van der Waals surface area (Å²) in [7, 11) is 3.63. The molecular weight excluding hydrogens is 296 g/mol. The predicted octanol–water partition coefficient (Wildman–Crippen LogP) is 3.91. The monoisotopic (exact) mass is 316 g/mol. The first-order valence-electron chi connectivity index (χ1n) is 6.68. The highest BCUT2D eigenvalue weighted by Crippen LogP contribution is 2.34. The van der Waals surface area contributed by atoms with Crippen LogP contribution in [0.4, 0.5) is 0 Å². The van der Waals surface area contributed by atoms with Gasteiger partial charge in [0.15, 0.2) is 0 Å². The van der Waals surface area contributed by atoms with Crippen LogP contribution in [0.5, 0.6) is 0 Å². The van der Waals surface area contributed by atoms with Crippen LogP contribution in [-0.2, 0) is 4.79 Å². The molecule has 0 unspecified atom stereocenters. The van der Waals surface area contributed by atoms with E-state index in [2.05, 4.69) is 17.3 Å². The fraction of sp³-hybridized carbons (Fsp3) is 0.692. The Bertz CT molecular complexity index is 422. The smallest absolute Gasteiger partial charge is 0.224 e. The molecule has 0 spiro atoms. The van der Waals surface area contributed by atoms with Gasteiger partial charge in [0, 0.05) is 35.5 Å². The molecule has 0 aliphatic carbocycles. The fourth-order valence-corrected chi connectivity index (χ4v) is 4.85. The topological polar surface area (TPSA) is 33.2 Å². The van der Waals surface area contributed by atoms with Crippen LogP contribution in [0.1, 0.15) is 42.9 Å². The molecule has 0 radical (unpaired) electrons. The molecule has 19 heavy (non-hydrogen) atoms. The number of hydrogen-bond donors (Lipinski definition) is 0. The highest BCUT2D eigenvalue weighted by Gasteiger charge is 2.31. The highest BCUT2D eigenvalue weighted by atomic mass is 33.1. The minimum atomic E-state index is 0.232. The van der Waals surface area contributed by atoms with Crippen LogP contribution >= 0.6 is 32.9 Å². The molecule has 2 heterocycles. The van der Waals surface area contributed by atoms with Crippen LogP contribution in [0.3, 0.4) is 0 Å². The maximum Gasteiger partial charge on any atom is 0.224 e. The maximum atomic E-state index is 12.3. The van der Waals surface area contributed by atoms with Crippen molar-refractivity contribution in [2.45, 2.75) is 39.2 Å². The molecule has 1 saturated heterocycles. The summed E-state index contributed by atoms with van der Waals surface area (Å²) < 4.78 is 0. The molecule has 1 atom stereocenters. The van der Waals surface area contributed by atoms with Gasteiger partial charge < -0.3 is 4.90 Å². The van der Waals surface area contributed by atoms with Crippen LogP contribution < -0.4 is 0 Å². The van der Waals surface area contributed by atoms with Gasteiger partial charge in [0.25, 0.3) is 0 Å². The standard InChI is InChI=1S/C13H20N2OS3/c1-3-18-19-8-6-12(16)15-7-4-5-11(15)13-14-10(2)9-17-13/h9,11H,3-8H2,1-2H3/t11-/m0/s1. The Morgan fingerprint density at radius 2 is 2.42 bits per heavy atom. The molecule has 0 saturated carbocycles. The molecule has 106 valence electrons. The van der Waals surface area contributed by atoms with Gasteiger partial charge in [-0.3, -0.25) is 4.79 Å². The second kappa shape index (κ2) is 7.55. The third kappa shape index (κ3) is 4.13. The molecule has 6 heteroatoms. The lowest BCUT2D eigenvalue weighted by molar-refractivity contribution is -0.131. The molecule has 2 rings (SSSR count). The van der Waals surface area contributed by atoms with Crippen molar-refractivity contribution in [1.29, 1.82) is 0 Å². The van der Waals surface area contributed by atoms with Crippen molar-refractivity contribution in [3.05, 3.63) is 16.1 Å². The third-order valence-electron chi connectivity index (χ3n) is 3.10. The number of aryl methyl sites for hydroxylation is 1. The number of rotatable bonds is 6. The molecule has 1 fully saturated rings. The molecule has 1 aliphatic rings. The van der Waals surface area contributed by atoms with E-state index in [0.717, 1.165) is 41.6 Å². The fourth-order valence-electron chi connectivity index (χ4n) is 2.26. The van der Waals surface area contributed by atoms with Gasteiger partial charge in [-0.25, -0.2) is 4.98 Å². The minimum Gasteiger partial charge on any atom is -0.333 e. The quantitative estimate of drug-likeness (QED) is 0.588. The van der Waals surface area contributed by atoms with Gasteiger partial charge in [-0.1, -0.05) is 28.5 Å². The lowest BCUT2D eigenvalue weighted by Gasteiger charge is -2.23. The summed E-state index contributed by atoms with van der Waals surface area (Å²) in [6.45, 7) is 5.05. The zero-order valence-electron chi connectivity index (χ0n) is 11.4. The first kappa shape index (κ1) is 15.2. The molecule has 1 aliphatic heterocycles. The van der Waals surface area contributed by atoms with E-state index in [-0.39, 0.29) is 6.04 Å². The summed E-state index contributed by atoms with van der Waals surface area (Å²) in [5.74, 6) is 2.31. The maximum absolute atomic E-state index is 12.3. The normalized spacial score (nSPS) is 19.1. The lowest BCUT2D eigenvalue weighted by atomic mass is 10.2. The number of hydrogen-bond acceptors (Lipinski definition) is 5. The number of aromatic nitrogens is 1. The lowest BCUT2D eigenvalue weighted by Crippen LogP contribution is -2.30. The van der Waals surface area contributed by atoms with Gasteiger partial charge in [-0.15, -0.1) is 11.3 Å². The van der Waals surface area contributed by atoms with E-state index < -0.39 is 0 Å². The number of nitrogens with zero attached hydrogens (tertiary/aromatic N) is 2. The van der Waals surface area contributed by atoms with Crippen LogP contribution in [-0.4, -0.2) is 33.8 Å². The second-order valence-electron chi connectivity index (χ2n) is 4.55. The highest BCUT2D eigenvalue weighted by molar-refractivity contribution is 8.76. The first-order chi connectivity index (χ1) is 9.22. The van der Waals surface area contributed by atoms with E-state index in [9.17, 15) is 4.79 Å². The zero-order valence-corrected chi connectivity index (χ0v) is 13.9. The van der Waals surface area contributed by atoms with Crippen molar-refractivity contribution in [2.75, 3.05) is 18.1 Å². The van der Waals surface area contributed by atoms with E-state index >= 15 is 0 Å². The molecular formula is C13H20N2OS3. The number of likely N-dealkylation sites (tertiary alicyclic amines) is 1. The van der Waals surface area contributed by atoms with Gasteiger partial charge >= 0.3 is 0 Å². The van der Waals surface area contributed by atoms with E-state index in [1.54, 1.807) is 22.1 Å². The average Bonchev–Trinajstić information content (AvgIpc) is 3.02. The molecule has 0 bridgehead atoms. The summed E-state index contributed by atoms with van der Waals surface area (Å²) in [4.78, 5) is 18.9. The Kier molecular flexibility index (Phi) is 6.04. The van der Waals surface area contributed by atoms with Gasteiger partial charge in [0.1, 0.15) is 5.01 Å². The Hall–Kier alpha value is -0.200. The van der Waals surface area contributed by atoms with Crippen molar-refractivity contribution in [3.63, 3.8) is 0 Å². The number of carbonyl (C=O) groups excluding carboxylic acids is 1. The number of amides is 1. The van der Waals surface area contributed by atoms with E-state index in [1.807, 2.05) is 22.6 Å². The molecule has 1 amide bonds. The van der Waals surface area contributed by atoms with E-state index in [1.165, 1.54) is 0 Å². The number of carbonyl (C=O) groups is 1. The Balaban J connectivity index is 1.89.